The lowest BCUT2D eigenvalue weighted by Gasteiger charge is -2.08. The number of rotatable bonds is 4. The molecule has 1 fully saturated rings. The first-order valence-electron chi connectivity index (χ1n) is 4.68. The fourth-order valence-corrected chi connectivity index (χ4v) is 1.43. The Labute approximate surface area is 76.6 Å². The number of ether oxygens (including phenoxy) is 1. The molecule has 1 atom stereocenters. The number of nitrogens with zero attached hydrogens (tertiary/aromatic N) is 1. The summed E-state index contributed by atoms with van der Waals surface area (Å²) in [7, 11) is 0. The second-order valence-electron chi connectivity index (χ2n) is 3.63. The summed E-state index contributed by atoms with van der Waals surface area (Å²) >= 11 is 0. The lowest BCUT2D eigenvalue weighted by atomic mass is 10.2. The summed E-state index contributed by atoms with van der Waals surface area (Å²) in [5.74, 6) is 0.661. The van der Waals surface area contributed by atoms with Crippen LogP contribution in [0.3, 0.4) is 0 Å². The molecule has 1 aliphatic heterocycles. The Balaban J connectivity index is 1.71. The van der Waals surface area contributed by atoms with Gasteiger partial charge < -0.3 is 9.84 Å². The third kappa shape index (κ3) is 2.20. The smallest absolute Gasteiger partial charge is 0.303 e. The van der Waals surface area contributed by atoms with E-state index in [4.69, 9.17) is 9.84 Å². The van der Waals surface area contributed by atoms with Gasteiger partial charge in [0.1, 0.15) is 6.10 Å². The standard InChI is InChI=1S/C9H13NO3/c11-8(12)4-3-7-5-10-9(13-7)6-1-2-6/h6-7H,1-5H2,(H,11,12). The molecule has 2 rings (SSSR count). The van der Waals surface area contributed by atoms with Crippen molar-refractivity contribution in [3.8, 4) is 0 Å². The molecule has 1 unspecified atom stereocenters. The number of hydrogen-bond donors (Lipinski definition) is 1. The highest BCUT2D eigenvalue weighted by atomic mass is 16.5. The molecule has 0 aromatic heterocycles. The molecule has 0 amide bonds. The highest BCUT2D eigenvalue weighted by Gasteiger charge is 2.33. The minimum atomic E-state index is -0.761. The summed E-state index contributed by atoms with van der Waals surface area (Å²) in [6, 6.07) is 0. The normalized spacial score (nSPS) is 26.8. The van der Waals surface area contributed by atoms with Crippen LogP contribution >= 0.6 is 0 Å². The summed E-state index contributed by atoms with van der Waals surface area (Å²) in [6.07, 6.45) is 3.15. The van der Waals surface area contributed by atoms with Crippen molar-refractivity contribution in [2.75, 3.05) is 6.54 Å². The zero-order valence-corrected chi connectivity index (χ0v) is 7.40. The van der Waals surface area contributed by atoms with Gasteiger partial charge in [0.25, 0.3) is 0 Å². The van der Waals surface area contributed by atoms with Gasteiger partial charge in [0.2, 0.25) is 0 Å². The minimum absolute atomic E-state index is 0.0201. The number of carboxylic acid groups (broad SMARTS) is 1. The number of aliphatic carboxylic acids is 1. The Morgan fingerprint density at radius 3 is 3.00 bits per heavy atom. The largest absolute Gasteiger partial charge is 0.481 e. The topological polar surface area (TPSA) is 58.9 Å². The van der Waals surface area contributed by atoms with E-state index in [1.165, 1.54) is 12.8 Å². The Bertz CT molecular complexity index is 245. The molecule has 0 aromatic carbocycles. The van der Waals surface area contributed by atoms with E-state index in [-0.39, 0.29) is 12.5 Å². The van der Waals surface area contributed by atoms with Crippen LogP contribution in [0.5, 0.6) is 0 Å². The summed E-state index contributed by atoms with van der Waals surface area (Å²) < 4.78 is 5.52. The maximum absolute atomic E-state index is 10.3. The van der Waals surface area contributed by atoms with Crippen molar-refractivity contribution in [1.82, 2.24) is 0 Å². The highest BCUT2D eigenvalue weighted by Crippen LogP contribution is 2.33. The van der Waals surface area contributed by atoms with Crippen molar-refractivity contribution in [2.24, 2.45) is 10.9 Å². The first-order valence-corrected chi connectivity index (χ1v) is 4.68. The van der Waals surface area contributed by atoms with Gasteiger partial charge in [-0.2, -0.15) is 0 Å². The van der Waals surface area contributed by atoms with E-state index in [0.717, 1.165) is 5.90 Å². The molecule has 0 radical (unpaired) electrons. The van der Waals surface area contributed by atoms with Gasteiger partial charge in [-0.15, -0.1) is 0 Å². The summed E-state index contributed by atoms with van der Waals surface area (Å²) in [4.78, 5) is 14.5. The monoisotopic (exact) mass is 183 g/mol. The number of carbonyl (C=O) groups is 1. The van der Waals surface area contributed by atoms with Crippen LogP contribution in [0.4, 0.5) is 0 Å². The van der Waals surface area contributed by atoms with Crippen LogP contribution in [-0.4, -0.2) is 29.6 Å². The van der Waals surface area contributed by atoms with Gasteiger partial charge in [-0.05, 0) is 19.3 Å². The average molecular weight is 183 g/mol. The molecule has 2 aliphatic rings. The van der Waals surface area contributed by atoms with Crippen molar-refractivity contribution < 1.29 is 14.6 Å². The molecule has 72 valence electrons. The maximum atomic E-state index is 10.3. The minimum Gasteiger partial charge on any atom is -0.481 e. The van der Waals surface area contributed by atoms with E-state index in [2.05, 4.69) is 4.99 Å². The van der Waals surface area contributed by atoms with Crippen molar-refractivity contribution in [2.45, 2.75) is 31.8 Å². The summed E-state index contributed by atoms with van der Waals surface area (Å²) in [5.41, 5.74) is 0. The van der Waals surface area contributed by atoms with Gasteiger partial charge in [-0.3, -0.25) is 9.79 Å². The second kappa shape index (κ2) is 3.36. The molecular weight excluding hydrogens is 170 g/mol. The molecule has 0 aromatic rings. The Morgan fingerprint density at radius 2 is 2.38 bits per heavy atom. The van der Waals surface area contributed by atoms with Crippen molar-refractivity contribution in [3.05, 3.63) is 0 Å². The zero-order chi connectivity index (χ0) is 9.26. The fourth-order valence-electron chi connectivity index (χ4n) is 1.43. The molecule has 0 spiro atoms. The lowest BCUT2D eigenvalue weighted by molar-refractivity contribution is -0.137. The molecule has 1 aliphatic carbocycles. The molecular formula is C9H13NO3. The molecule has 13 heavy (non-hydrogen) atoms. The first kappa shape index (κ1) is 8.53. The SMILES string of the molecule is O=C(O)CCC1CN=C(C2CC2)O1. The molecule has 4 nitrogen and oxygen atoms in total. The molecule has 0 saturated heterocycles. The van der Waals surface area contributed by atoms with Gasteiger partial charge in [-0.1, -0.05) is 0 Å². The number of hydrogen-bond acceptors (Lipinski definition) is 3. The van der Waals surface area contributed by atoms with Crippen LogP contribution in [0.1, 0.15) is 25.7 Å². The van der Waals surface area contributed by atoms with Gasteiger partial charge in [0.05, 0.1) is 6.54 Å². The van der Waals surface area contributed by atoms with Crippen LogP contribution in [0.15, 0.2) is 4.99 Å². The molecule has 0 bridgehead atoms. The molecule has 4 heteroatoms. The highest BCUT2D eigenvalue weighted by molar-refractivity contribution is 5.82. The predicted molar refractivity (Wildman–Crippen MR) is 46.8 cm³/mol. The Morgan fingerprint density at radius 1 is 1.62 bits per heavy atom. The van der Waals surface area contributed by atoms with Crippen LogP contribution in [-0.2, 0) is 9.53 Å². The van der Waals surface area contributed by atoms with Crippen LogP contribution in [0.25, 0.3) is 0 Å². The quantitative estimate of drug-likeness (QED) is 0.708. The summed E-state index contributed by atoms with van der Waals surface area (Å²) in [5, 5.41) is 8.47. The molecule has 1 N–H and O–H groups in total. The zero-order valence-electron chi connectivity index (χ0n) is 7.40. The van der Waals surface area contributed by atoms with Gasteiger partial charge in [0.15, 0.2) is 5.90 Å². The third-order valence-corrected chi connectivity index (χ3v) is 2.34. The number of aliphatic imine (C=N–C) groups is 1. The van der Waals surface area contributed by atoms with Crippen LogP contribution < -0.4 is 0 Å². The van der Waals surface area contributed by atoms with E-state index in [9.17, 15) is 4.79 Å². The fraction of sp³-hybridized carbons (Fsp3) is 0.778. The van der Waals surface area contributed by atoms with E-state index in [1.807, 2.05) is 0 Å². The Kier molecular flexibility index (Phi) is 2.20. The summed E-state index contributed by atoms with van der Waals surface area (Å²) in [6.45, 7) is 0.652. The van der Waals surface area contributed by atoms with Crippen molar-refractivity contribution in [3.63, 3.8) is 0 Å². The molecule has 1 heterocycles. The van der Waals surface area contributed by atoms with Crippen LogP contribution in [0.2, 0.25) is 0 Å². The van der Waals surface area contributed by atoms with E-state index >= 15 is 0 Å². The average Bonchev–Trinajstić information content (AvgIpc) is 2.83. The van der Waals surface area contributed by atoms with E-state index < -0.39 is 5.97 Å². The Hall–Kier alpha value is -1.06. The van der Waals surface area contributed by atoms with E-state index in [0.29, 0.717) is 18.9 Å². The van der Waals surface area contributed by atoms with E-state index in [1.54, 1.807) is 0 Å². The lowest BCUT2D eigenvalue weighted by Crippen LogP contribution is -2.15. The van der Waals surface area contributed by atoms with Crippen molar-refractivity contribution in [1.29, 1.82) is 0 Å². The van der Waals surface area contributed by atoms with Gasteiger partial charge >= 0.3 is 5.97 Å². The second-order valence-corrected chi connectivity index (χ2v) is 3.63. The molecule has 1 saturated carbocycles. The van der Waals surface area contributed by atoms with Gasteiger partial charge in [0, 0.05) is 12.3 Å². The predicted octanol–water partition coefficient (Wildman–Crippen LogP) is 1.06. The number of carboxylic acids is 1. The van der Waals surface area contributed by atoms with Crippen LogP contribution in [0, 0.1) is 5.92 Å². The van der Waals surface area contributed by atoms with Gasteiger partial charge in [-0.25, -0.2) is 0 Å². The van der Waals surface area contributed by atoms with Crippen molar-refractivity contribution >= 4 is 11.9 Å². The first-order chi connectivity index (χ1) is 6.25. The maximum Gasteiger partial charge on any atom is 0.303 e. The third-order valence-electron chi connectivity index (χ3n) is 2.34.